The Balaban J connectivity index is 2.45. The van der Waals surface area contributed by atoms with E-state index in [0.717, 1.165) is 6.42 Å². The van der Waals surface area contributed by atoms with Gasteiger partial charge in [0, 0.05) is 5.41 Å². The number of ether oxygens (including phenoxy) is 1. The third kappa shape index (κ3) is 1.73. The second-order valence-electron chi connectivity index (χ2n) is 6.54. The van der Waals surface area contributed by atoms with Gasteiger partial charge in [-0.2, -0.15) is 0 Å². The minimum Gasteiger partial charge on any atom is -0.469 e. The van der Waals surface area contributed by atoms with Crippen molar-refractivity contribution in [1.29, 1.82) is 0 Å². The first-order chi connectivity index (χ1) is 8.34. The van der Waals surface area contributed by atoms with Crippen LogP contribution in [0.3, 0.4) is 0 Å². The molecule has 3 unspecified atom stereocenters. The van der Waals surface area contributed by atoms with Crippen molar-refractivity contribution in [3.8, 4) is 0 Å². The maximum absolute atomic E-state index is 12.0. The van der Waals surface area contributed by atoms with Crippen LogP contribution in [0.2, 0.25) is 0 Å². The van der Waals surface area contributed by atoms with Gasteiger partial charge in [0.05, 0.1) is 13.0 Å². The predicted molar refractivity (Wildman–Crippen MR) is 73.0 cm³/mol. The van der Waals surface area contributed by atoms with E-state index in [-0.39, 0.29) is 22.7 Å². The molecule has 0 radical (unpaired) electrons. The second-order valence-corrected chi connectivity index (χ2v) is 6.54. The molecule has 0 amide bonds. The van der Waals surface area contributed by atoms with Crippen LogP contribution in [-0.2, 0) is 9.53 Å². The van der Waals surface area contributed by atoms with Gasteiger partial charge in [-0.1, -0.05) is 51.5 Å². The quantitative estimate of drug-likeness (QED) is 0.661. The lowest BCUT2D eigenvalue weighted by Gasteiger charge is -2.52. The summed E-state index contributed by atoms with van der Waals surface area (Å²) >= 11 is 0. The zero-order valence-electron chi connectivity index (χ0n) is 12.1. The highest BCUT2D eigenvalue weighted by Crippen LogP contribution is 2.58. The van der Waals surface area contributed by atoms with Crippen LogP contribution in [0.25, 0.3) is 0 Å². The summed E-state index contributed by atoms with van der Waals surface area (Å²) in [6.07, 6.45) is 8.48. The van der Waals surface area contributed by atoms with Gasteiger partial charge < -0.3 is 4.74 Å². The van der Waals surface area contributed by atoms with Gasteiger partial charge in [0.2, 0.25) is 0 Å². The molecule has 0 bridgehead atoms. The summed E-state index contributed by atoms with van der Waals surface area (Å²) in [5.41, 5.74) is 1.49. The molecule has 1 saturated carbocycles. The van der Waals surface area contributed by atoms with Crippen LogP contribution in [0.15, 0.2) is 23.8 Å². The fraction of sp³-hybridized carbons (Fsp3) is 0.688. The van der Waals surface area contributed by atoms with E-state index < -0.39 is 0 Å². The van der Waals surface area contributed by atoms with Crippen LogP contribution in [0.4, 0.5) is 0 Å². The molecule has 0 saturated heterocycles. The van der Waals surface area contributed by atoms with Crippen LogP contribution < -0.4 is 0 Å². The third-order valence-corrected chi connectivity index (χ3v) is 5.35. The number of allylic oxidation sites excluding steroid dienone is 3. The van der Waals surface area contributed by atoms with Crippen LogP contribution >= 0.6 is 0 Å². The van der Waals surface area contributed by atoms with E-state index in [0.29, 0.717) is 5.92 Å². The zero-order chi connectivity index (χ0) is 13.6. The van der Waals surface area contributed by atoms with Gasteiger partial charge in [-0.25, -0.2) is 0 Å². The summed E-state index contributed by atoms with van der Waals surface area (Å²) in [6, 6.07) is 0. The molecular weight excluding hydrogens is 224 g/mol. The zero-order valence-corrected chi connectivity index (χ0v) is 12.1. The Morgan fingerprint density at radius 1 is 1.39 bits per heavy atom. The van der Waals surface area contributed by atoms with Crippen molar-refractivity contribution in [2.75, 3.05) is 7.11 Å². The number of hydrogen-bond acceptors (Lipinski definition) is 2. The lowest BCUT2D eigenvalue weighted by Crippen LogP contribution is -2.46. The van der Waals surface area contributed by atoms with Crippen LogP contribution in [-0.4, -0.2) is 13.1 Å². The lowest BCUT2D eigenvalue weighted by atomic mass is 9.51. The van der Waals surface area contributed by atoms with E-state index in [1.807, 2.05) is 12.2 Å². The van der Waals surface area contributed by atoms with Crippen molar-refractivity contribution in [3.63, 3.8) is 0 Å². The molecule has 0 heterocycles. The maximum atomic E-state index is 12.0. The van der Waals surface area contributed by atoms with Crippen molar-refractivity contribution in [2.24, 2.45) is 22.7 Å². The Morgan fingerprint density at radius 3 is 2.67 bits per heavy atom. The molecule has 2 aliphatic carbocycles. The van der Waals surface area contributed by atoms with Crippen LogP contribution in [0.1, 0.15) is 40.5 Å². The lowest BCUT2D eigenvalue weighted by molar-refractivity contribution is -0.148. The Labute approximate surface area is 110 Å². The van der Waals surface area contributed by atoms with Crippen molar-refractivity contribution < 1.29 is 9.53 Å². The van der Waals surface area contributed by atoms with Crippen molar-refractivity contribution >= 4 is 5.97 Å². The Hall–Kier alpha value is -1.05. The van der Waals surface area contributed by atoms with Gasteiger partial charge in [-0.05, 0) is 24.2 Å². The van der Waals surface area contributed by atoms with Crippen LogP contribution in [0, 0.1) is 22.7 Å². The van der Waals surface area contributed by atoms with Gasteiger partial charge in [0.15, 0.2) is 0 Å². The first kappa shape index (κ1) is 13.4. The molecule has 2 nitrogen and oxygen atoms in total. The molecule has 3 atom stereocenters. The first-order valence-electron chi connectivity index (χ1n) is 6.81. The third-order valence-electron chi connectivity index (χ3n) is 5.35. The smallest absolute Gasteiger partial charge is 0.313 e. The molecule has 0 aromatic heterocycles. The number of fused-ring (bicyclic) bond motifs is 1. The Bertz CT molecular complexity index is 417. The highest BCUT2D eigenvalue weighted by atomic mass is 16.5. The monoisotopic (exact) mass is 248 g/mol. The molecule has 2 rings (SSSR count). The maximum Gasteiger partial charge on any atom is 0.313 e. The molecule has 0 aromatic rings. The van der Waals surface area contributed by atoms with Gasteiger partial charge in [-0.15, -0.1) is 0 Å². The molecule has 0 aliphatic heterocycles. The Morgan fingerprint density at radius 2 is 2.06 bits per heavy atom. The number of carbonyl (C=O) groups is 1. The summed E-state index contributed by atoms with van der Waals surface area (Å²) in [7, 11) is 1.48. The number of rotatable bonds is 1. The van der Waals surface area contributed by atoms with Crippen molar-refractivity contribution in [1.82, 2.24) is 0 Å². The number of esters is 1. The molecule has 0 spiro atoms. The number of hydrogen-bond donors (Lipinski definition) is 0. The molecule has 2 heteroatoms. The summed E-state index contributed by atoms with van der Waals surface area (Å²) in [6.45, 7) is 9.13. The van der Waals surface area contributed by atoms with Gasteiger partial charge in [0.1, 0.15) is 0 Å². The average Bonchev–Trinajstić information content (AvgIpc) is 2.33. The summed E-state index contributed by atoms with van der Waals surface area (Å²) in [5.74, 6) is 0.417. The highest BCUT2D eigenvalue weighted by molar-refractivity contribution is 5.77. The van der Waals surface area contributed by atoms with E-state index in [2.05, 4.69) is 33.8 Å². The average molecular weight is 248 g/mol. The molecule has 1 fully saturated rings. The Kier molecular flexibility index (Phi) is 3.16. The summed E-state index contributed by atoms with van der Waals surface area (Å²) in [5, 5.41) is 0. The fourth-order valence-corrected chi connectivity index (χ4v) is 3.68. The van der Waals surface area contributed by atoms with Crippen LogP contribution in [0.5, 0.6) is 0 Å². The fourth-order valence-electron chi connectivity index (χ4n) is 3.68. The molecule has 0 N–H and O–H groups in total. The molecule has 2 aliphatic rings. The first-order valence-corrected chi connectivity index (χ1v) is 6.81. The SMILES string of the molecule is COC(=O)C1C=CC=C2C(C)(C)C(C)CCC21C. The molecular formula is C16H24O2. The highest BCUT2D eigenvalue weighted by Gasteiger charge is 2.51. The van der Waals surface area contributed by atoms with Gasteiger partial charge >= 0.3 is 5.97 Å². The van der Waals surface area contributed by atoms with E-state index in [9.17, 15) is 4.79 Å². The molecule has 0 aromatic carbocycles. The number of methoxy groups -OCH3 is 1. The van der Waals surface area contributed by atoms with Gasteiger partial charge in [0.25, 0.3) is 0 Å². The topological polar surface area (TPSA) is 26.3 Å². The predicted octanol–water partition coefficient (Wildman–Crippen LogP) is 3.73. The summed E-state index contributed by atoms with van der Waals surface area (Å²) < 4.78 is 4.98. The largest absolute Gasteiger partial charge is 0.469 e. The van der Waals surface area contributed by atoms with E-state index in [4.69, 9.17) is 4.74 Å². The van der Waals surface area contributed by atoms with E-state index in [1.165, 1.54) is 19.1 Å². The molecule has 18 heavy (non-hydrogen) atoms. The van der Waals surface area contributed by atoms with Crippen molar-refractivity contribution in [2.45, 2.75) is 40.5 Å². The minimum atomic E-state index is -0.130. The minimum absolute atomic E-state index is 0.0716. The standard InChI is InChI=1S/C16H24O2/c1-11-9-10-16(4)12(14(17)18-5)7-6-8-13(16)15(11,2)3/h6-8,11-12H,9-10H2,1-5H3. The summed E-state index contributed by atoms with van der Waals surface area (Å²) in [4.78, 5) is 12.0. The van der Waals surface area contributed by atoms with E-state index >= 15 is 0 Å². The van der Waals surface area contributed by atoms with Crippen molar-refractivity contribution in [3.05, 3.63) is 23.8 Å². The second kappa shape index (κ2) is 4.25. The molecule has 100 valence electrons. The normalized spacial score (nSPS) is 37.7. The van der Waals surface area contributed by atoms with E-state index in [1.54, 1.807) is 0 Å². The number of carbonyl (C=O) groups excluding carboxylic acids is 1. The van der Waals surface area contributed by atoms with Gasteiger partial charge in [-0.3, -0.25) is 4.79 Å².